The fraction of sp³-hybridized carbons (Fsp3) is 0.500. The molecule has 1 N–H and O–H groups in total. The molecule has 1 aromatic heterocycles. The monoisotopic (exact) mass is 211 g/mol. The van der Waals surface area contributed by atoms with Crippen LogP contribution < -0.4 is 5.32 Å². The van der Waals surface area contributed by atoms with Crippen molar-refractivity contribution < 1.29 is 9.53 Å². The Hall–Kier alpha value is -0.710. The molecule has 0 saturated carbocycles. The van der Waals surface area contributed by atoms with Crippen LogP contribution >= 0.6 is 11.3 Å². The smallest absolute Gasteiger partial charge is 0.157 e. The molecule has 0 aliphatic carbocycles. The average molecular weight is 211 g/mol. The van der Waals surface area contributed by atoms with E-state index in [1.807, 2.05) is 17.5 Å². The number of carbonyl (C=O) groups is 1. The van der Waals surface area contributed by atoms with Crippen LogP contribution in [0, 0.1) is 0 Å². The van der Waals surface area contributed by atoms with Crippen LogP contribution in [0.3, 0.4) is 0 Å². The molecule has 1 saturated heterocycles. The Morgan fingerprint density at radius 3 is 3.29 bits per heavy atom. The quantitative estimate of drug-likeness (QED) is 0.805. The maximum absolute atomic E-state index is 11.7. The molecule has 1 aliphatic heterocycles. The second-order valence-corrected chi connectivity index (χ2v) is 4.34. The third-order valence-corrected chi connectivity index (χ3v) is 3.12. The molecule has 0 bridgehead atoms. The molecular weight excluding hydrogens is 198 g/mol. The van der Waals surface area contributed by atoms with E-state index in [9.17, 15) is 4.79 Å². The summed E-state index contributed by atoms with van der Waals surface area (Å²) in [7, 11) is 0. The molecule has 0 aromatic carbocycles. The maximum Gasteiger partial charge on any atom is 0.157 e. The van der Waals surface area contributed by atoms with Gasteiger partial charge in [0.2, 0.25) is 0 Å². The van der Waals surface area contributed by atoms with E-state index in [-0.39, 0.29) is 11.8 Å². The van der Waals surface area contributed by atoms with Gasteiger partial charge < -0.3 is 10.1 Å². The van der Waals surface area contributed by atoms with Gasteiger partial charge in [0, 0.05) is 17.8 Å². The Labute approximate surface area is 87.1 Å². The van der Waals surface area contributed by atoms with Crippen molar-refractivity contribution in [2.24, 2.45) is 0 Å². The zero-order valence-corrected chi connectivity index (χ0v) is 8.68. The highest BCUT2D eigenvalue weighted by atomic mass is 32.1. The highest BCUT2D eigenvalue weighted by Crippen LogP contribution is 2.11. The maximum atomic E-state index is 11.7. The van der Waals surface area contributed by atoms with Gasteiger partial charge >= 0.3 is 0 Å². The lowest BCUT2D eigenvalue weighted by atomic mass is 10.1. The number of ether oxygens (including phenoxy) is 1. The lowest BCUT2D eigenvalue weighted by Crippen LogP contribution is -2.47. The zero-order chi connectivity index (χ0) is 9.80. The summed E-state index contributed by atoms with van der Waals surface area (Å²) in [5, 5.41) is 5.15. The van der Waals surface area contributed by atoms with Crippen molar-refractivity contribution >= 4 is 17.1 Å². The number of carbonyl (C=O) groups excluding carboxylic acids is 1. The largest absolute Gasteiger partial charge is 0.378 e. The molecule has 14 heavy (non-hydrogen) atoms. The van der Waals surface area contributed by atoms with E-state index in [0.29, 0.717) is 19.6 Å². The number of Topliss-reactive ketones (excluding diaryl/α,β-unsaturated/α-hetero) is 1. The number of hydrogen-bond donors (Lipinski definition) is 1. The van der Waals surface area contributed by atoms with E-state index in [1.54, 1.807) is 11.3 Å². The van der Waals surface area contributed by atoms with Gasteiger partial charge in [-0.2, -0.15) is 0 Å². The van der Waals surface area contributed by atoms with Crippen LogP contribution in [0.25, 0.3) is 0 Å². The molecule has 0 radical (unpaired) electrons. The second-order valence-electron chi connectivity index (χ2n) is 3.30. The van der Waals surface area contributed by atoms with Crippen LogP contribution in [0.15, 0.2) is 17.5 Å². The molecule has 1 aliphatic rings. The summed E-state index contributed by atoms with van der Waals surface area (Å²) in [4.78, 5) is 12.9. The van der Waals surface area contributed by atoms with Crippen molar-refractivity contribution in [3.8, 4) is 0 Å². The van der Waals surface area contributed by atoms with Crippen molar-refractivity contribution in [2.75, 3.05) is 19.8 Å². The predicted molar refractivity (Wildman–Crippen MR) is 55.6 cm³/mol. The summed E-state index contributed by atoms with van der Waals surface area (Å²) >= 11 is 1.63. The number of thiophene rings is 1. The molecule has 1 aromatic rings. The lowest BCUT2D eigenvalue weighted by Gasteiger charge is -2.22. The molecule has 3 nitrogen and oxygen atoms in total. The van der Waals surface area contributed by atoms with Crippen molar-refractivity contribution in [3.63, 3.8) is 0 Å². The summed E-state index contributed by atoms with van der Waals surface area (Å²) in [6.07, 6.45) is 0.526. The van der Waals surface area contributed by atoms with Gasteiger partial charge in [-0.25, -0.2) is 0 Å². The summed E-state index contributed by atoms with van der Waals surface area (Å²) in [6.45, 7) is 2.01. The molecule has 2 heterocycles. The summed E-state index contributed by atoms with van der Waals surface area (Å²) in [6, 6.07) is 3.86. The van der Waals surface area contributed by atoms with Crippen molar-refractivity contribution in [1.29, 1.82) is 0 Å². The first-order valence-electron chi connectivity index (χ1n) is 4.72. The Balaban J connectivity index is 1.88. The zero-order valence-electron chi connectivity index (χ0n) is 7.86. The fourth-order valence-electron chi connectivity index (χ4n) is 1.48. The van der Waals surface area contributed by atoms with Gasteiger partial charge in [0.15, 0.2) is 5.78 Å². The molecule has 0 spiro atoms. The molecule has 1 unspecified atom stereocenters. The molecule has 4 heteroatoms. The van der Waals surface area contributed by atoms with Gasteiger partial charge in [0.25, 0.3) is 0 Å². The molecule has 2 rings (SSSR count). The SMILES string of the molecule is O=C(Cc1cccs1)C1COCCN1. The summed E-state index contributed by atoms with van der Waals surface area (Å²) < 4.78 is 5.24. The third kappa shape index (κ3) is 2.41. The van der Waals surface area contributed by atoms with Crippen molar-refractivity contribution in [1.82, 2.24) is 5.32 Å². The summed E-state index contributed by atoms with van der Waals surface area (Å²) in [5.74, 6) is 0.229. The second kappa shape index (κ2) is 4.68. The Kier molecular flexibility index (Phi) is 3.29. The first-order chi connectivity index (χ1) is 6.86. The van der Waals surface area contributed by atoms with Gasteiger partial charge in [-0.1, -0.05) is 6.07 Å². The normalized spacial score (nSPS) is 22.1. The van der Waals surface area contributed by atoms with E-state index in [0.717, 1.165) is 11.4 Å². The summed E-state index contributed by atoms with van der Waals surface area (Å²) in [5.41, 5.74) is 0. The number of ketones is 1. The number of nitrogens with one attached hydrogen (secondary N) is 1. The van der Waals surface area contributed by atoms with Gasteiger partial charge in [-0.05, 0) is 11.4 Å². The van der Waals surface area contributed by atoms with Gasteiger partial charge in [0.05, 0.1) is 19.3 Å². The molecule has 1 atom stereocenters. The minimum absolute atomic E-state index is 0.106. The van der Waals surface area contributed by atoms with Crippen LogP contribution in [-0.4, -0.2) is 31.6 Å². The van der Waals surface area contributed by atoms with Crippen LogP contribution in [0.2, 0.25) is 0 Å². The van der Waals surface area contributed by atoms with Crippen LogP contribution in [0.5, 0.6) is 0 Å². The number of morpholine rings is 1. The number of rotatable bonds is 3. The topological polar surface area (TPSA) is 38.3 Å². The van der Waals surface area contributed by atoms with Gasteiger partial charge in [0.1, 0.15) is 0 Å². The van der Waals surface area contributed by atoms with Gasteiger partial charge in [-0.15, -0.1) is 11.3 Å². The Morgan fingerprint density at radius 1 is 1.71 bits per heavy atom. The molecule has 0 amide bonds. The van der Waals surface area contributed by atoms with Crippen LogP contribution in [-0.2, 0) is 16.0 Å². The van der Waals surface area contributed by atoms with Crippen molar-refractivity contribution in [3.05, 3.63) is 22.4 Å². The van der Waals surface area contributed by atoms with Crippen LogP contribution in [0.1, 0.15) is 4.88 Å². The predicted octanol–water partition coefficient (Wildman–Crippen LogP) is 0.848. The van der Waals surface area contributed by atoms with Crippen LogP contribution in [0.4, 0.5) is 0 Å². The first kappa shape index (κ1) is 9.83. The van der Waals surface area contributed by atoms with E-state index >= 15 is 0 Å². The molecule has 1 fully saturated rings. The van der Waals surface area contributed by atoms with E-state index in [2.05, 4.69) is 5.32 Å². The van der Waals surface area contributed by atoms with E-state index < -0.39 is 0 Å². The minimum atomic E-state index is -0.106. The van der Waals surface area contributed by atoms with E-state index in [4.69, 9.17) is 4.74 Å². The number of hydrogen-bond acceptors (Lipinski definition) is 4. The highest BCUT2D eigenvalue weighted by molar-refractivity contribution is 7.10. The van der Waals surface area contributed by atoms with E-state index in [1.165, 1.54) is 0 Å². The lowest BCUT2D eigenvalue weighted by molar-refractivity contribution is -0.123. The average Bonchev–Trinajstić information content (AvgIpc) is 2.72. The molecule has 76 valence electrons. The van der Waals surface area contributed by atoms with Gasteiger partial charge in [-0.3, -0.25) is 4.79 Å². The van der Waals surface area contributed by atoms with Crippen molar-refractivity contribution in [2.45, 2.75) is 12.5 Å². The Morgan fingerprint density at radius 2 is 2.64 bits per heavy atom. The third-order valence-electron chi connectivity index (χ3n) is 2.24. The fourth-order valence-corrected chi connectivity index (χ4v) is 2.19. The minimum Gasteiger partial charge on any atom is -0.378 e. The first-order valence-corrected chi connectivity index (χ1v) is 5.60. The highest BCUT2D eigenvalue weighted by Gasteiger charge is 2.21. The molecular formula is C10H13NO2S. The Bertz CT molecular complexity index is 291. The standard InChI is InChI=1S/C10H13NO2S/c12-10(6-8-2-1-5-14-8)9-7-13-4-3-11-9/h1-2,5,9,11H,3-4,6-7H2.